The number of aromatic carboxylic acids is 1. The lowest BCUT2D eigenvalue weighted by Gasteiger charge is -2.19. The van der Waals surface area contributed by atoms with Crippen molar-refractivity contribution in [3.05, 3.63) is 89.2 Å². The molecule has 174 valence electrons. The molecule has 4 rings (SSSR count). The maximum Gasteiger partial charge on any atom is 0.407 e. The second kappa shape index (κ2) is 9.74. The van der Waals surface area contributed by atoms with Gasteiger partial charge in [0.15, 0.2) is 0 Å². The lowest BCUT2D eigenvalue weighted by atomic mass is 9.98. The molecular weight excluding hydrogens is 439 g/mol. The molecule has 0 aromatic heterocycles. The molecule has 0 saturated carbocycles. The zero-order valence-corrected chi connectivity index (χ0v) is 18.4. The Bertz CT molecular complexity index is 1210. The van der Waals surface area contributed by atoms with E-state index in [9.17, 15) is 18.8 Å². The monoisotopic (exact) mass is 462 g/mol. The smallest absolute Gasteiger partial charge is 0.407 e. The molecule has 3 aromatic rings. The van der Waals surface area contributed by atoms with Gasteiger partial charge in [-0.15, -0.1) is 0 Å². The van der Waals surface area contributed by atoms with Gasteiger partial charge in [-0.3, -0.25) is 4.79 Å². The number of ether oxygens (including phenoxy) is 1. The molecule has 0 aliphatic heterocycles. The number of anilines is 1. The minimum Gasteiger partial charge on any atom is -0.478 e. The molecule has 3 aromatic carbocycles. The number of hydrogen-bond acceptors (Lipinski definition) is 4. The Balaban J connectivity index is 1.40. The molecule has 0 unspecified atom stereocenters. The number of amides is 2. The first kappa shape index (κ1) is 23.0. The Morgan fingerprint density at radius 3 is 2.21 bits per heavy atom. The third-order valence-corrected chi connectivity index (χ3v) is 5.77. The molecule has 0 heterocycles. The maximum absolute atomic E-state index is 13.7. The van der Waals surface area contributed by atoms with E-state index in [1.807, 2.05) is 48.5 Å². The Kier molecular flexibility index (Phi) is 6.58. The topological polar surface area (TPSA) is 105 Å². The van der Waals surface area contributed by atoms with E-state index in [0.717, 1.165) is 40.5 Å². The fourth-order valence-electron chi connectivity index (χ4n) is 4.15. The van der Waals surface area contributed by atoms with E-state index < -0.39 is 29.8 Å². The highest BCUT2D eigenvalue weighted by Gasteiger charge is 2.29. The lowest BCUT2D eigenvalue weighted by molar-refractivity contribution is -0.118. The zero-order chi connectivity index (χ0) is 24.2. The number of hydrogen-bond donors (Lipinski definition) is 3. The summed E-state index contributed by atoms with van der Waals surface area (Å²) in [6.07, 6.45) is -0.508. The van der Waals surface area contributed by atoms with Crippen LogP contribution in [0.2, 0.25) is 0 Å². The van der Waals surface area contributed by atoms with Crippen LogP contribution < -0.4 is 10.6 Å². The van der Waals surface area contributed by atoms with Crippen molar-refractivity contribution in [2.45, 2.75) is 25.3 Å². The third kappa shape index (κ3) is 4.76. The van der Waals surface area contributed by atoms with Gasteiger partial charge in [-0.05, 0) is 46.9 Å². The summed E-state index contributed by atoms with van der Waals surface area (Å²) in [7, 11) is 0. The number of rotatable bonds is 7. The Morgan fingerprint density at radius 1 is 1.00 bits per heavy atom. The average molecular weight is 462 g/mol. The number of carboxylic acids is 1. The van der Waals surface area contributed by atoms with E-state index >= 15 is 0 Å². The number of carboxylic acid groups (broad SMARTS) is 1. The van der Waals surface area contributed by atoms with Crippen LogP contribution in [0.15, 0.2) is 66.7 Å². The van der Waals surface area contributed by atoms with Crippen LogP contribution in [0.1, 0.15) is 40.7 Å². The van der Waals surface area contributed by atoms with Crippen molar-refractivity contribution in [2.75, 3.05) is 11.9 Å². The summed E-state index contributed by atoms with van der Waals surface area (Å²) in [6, 6.07) is 17.9. The second-order valence-electron chi connectivity index (χ2n) is 7.95. The van der Waals surface area contributed by atoms with Gasteiger partial charge in [0.05, 0.1) is 5.56 Å². The Hall–Kier alpha value is -4.20. The van der Waals surface area contributed by atoms with E-state index in [0.29, 0.717) is 0 Å². The van der Waals surface area contributed by atoms with E-state index in [1.165, 1.54) is 0 Å². The number of alkyl carbamates (subject to hydrolysis) is 1. The SMILES string of the molecule is CC[C@@H](NC(=O)OCC1c2ccccc2-c2ccccc21)C(=O)Nc1cc(F)cc(C(=O)O)c1. The predicted molar refractivity (Wildman–Crippen MR) is 124 cm³/mol. The molecular formula is C26H23FN2O5. The molecule has 0 radical (unpaired) electrons. The summed E-state index contributed by atoms with van der Waals surface area (Å²) in [5.74, 6) is -2.85. The molecule has 0 spiro atoms. The molecule has 2 amide bonds. The highest BCUT2D eigenvalue weighted by molar-refractivity contribution is 5.98. The average Bonchev–Trinajstić information content (AvgIpc) is 3.14. The number of carbonyl (C=O) groups excluding carboxylic acids is 2. The normalized spacial score (nSPS) is 12.9. The van der Waals surface area contributed by atoms with E-state index in [4.69, 9.17) is 9.84 Å². The second-order valence-corrected chi connectivity index (χ2v) is 7.95. The van der Waals surface area contributed by atoms with Crippen LogP contribution in [-0.2, 0) is 9.53 Å². The molecule has 7 nitrogen and oxygen atoms in total. The van der Waals surface area contributed by atoms with Crippen molar-refractivity contribution in [1.29, 1.82) is 0 Å². The molecule has 1 aliphatic carbocycles. The molecule has 8 heteroatoms. The van der Waals surface area contributed by atoms with Crippen molar-refractivity contribution < 1.29 is 28.6 Å². The highest BCUT2D eigenvalue weighted by Crippen LogP contribution is 2.44. The molecule has 1 aliphatic rings. The molecule has 34 heavy (non-hydrogen) atoms. The van der Waals surface area contributed by atoms with Gasteiger partial charge in [0.1, 0.15) is 18.5 Å². The van der Waals surface area contributed by atoms with Crippen LogP contribution in [0, 0.1) is 5.82 Å². The number of nitrogens with one attached hydrogen (secondary N) is 2. The minimum absolute atomic E-state index is 0.0183. The third-order valence-electron chi connectivity index (χ3n) is 5.77. The van der Waals surface area contributed by atoms with Gasteiger partial charge in [-0.1, -0.05) is 55.5 Å². The summed E-state index contributed by atoms with van der Waals surface area (Å²) >= 11 is 0. The van der Waals surface area contributed by atoms with Gasteiger partial charge in [0.2, 0.25) is 5.91 Å². The Labute approximate surface area is 195 Å². The van der Waals surface area contributed by atoms with Crippen LogP contribution in [0.4, 0.5) is 14.9 Å². The van der Waals surface area contributed by atoms with Crippen molar-refractivity contribution in [3.63, 3.8) is 0 Å². The summed E-state index contributed by atoms with van der Waals surface area (Å²) in [4.78, 5) is 36.2. The van der Waals surface area contributed by atoms with Crippen LogP contribution in [0.5, 0.6) is 0 Å². The van der Waals surface area contributed by atoms with Gasteiger partial charge in [0.25, 0.3) is 0 Å². The van der Waals surface area contributed by atoms with E-state index in [2.05, 4.69) is 10.6 Å². The summed E-state index contributed by atoms with van der Waals surface area (Å²) in [5, 5.41) is 14.0. The van der Waals surface area contributed by atoms with Gasteiger partial charge in [0, 0.05) is 11.6 Å². The number of benzene rings is 3. The molecule has 0 bridgehead atoms. The first-order valence-corrected chi connectivity index (χ1v) is 10.8. The van der Waals surface area contributed by atoms with Crippen LogP contribution in [0.3, 0.4) is 0 Å². The fraction of sp³-hybridized carbons (Fsp3) is 0.192. The lowest BCUT2D eigenvalue weighted by Crippen LogP contribution is -2.43. The molecule has 3 N–H and O–H groups in total. The van der Waals surface area contributed by atoms with Gasteiger partial charge in [-0.25, -0.2) is 14.0 Å². The number of carbonyl (C=O) groups is 3. The highest BCUT2D eigenvalue weighted by atomic mass is 19.1. The standard InChI is InChI=1S/C26H23FN2O5/c1-2-23(24(30)28-17-12-15(25(31)32)11-16(27)13-17)29-26(33)34-14-22-20-9-5-3-7-18(20)19-8-4-6-10-21(19)22/h3-13,22-23H,2,14H2,1H3,(H,28,30)(H,29,33)(H,31,32)/t23-/m1/s1. The Morgan fingerprint density at radius 2 is 1.62 bits per heavy atom. The molecule has 0 fully saturated rings. The fourth-order valence-corrected chi connectivity index (χ4v) is 4.15. The van der Waals surface area contributed by atoms with Gasteiger partial charge in [-0.2, -0.15) is 0 Å². The van der Waals surface area contributed by atoms with Crippen LogP contribution in [-0.4, -0.2) is 35.7 Å². The van der Waals surface area contributed by atoms with Crippen molar-refractivity contribution in [1.82, 2.24) is 5.32 Å². The zero-order valence-electron chi connectivity index (χ0n) is 18.4. The molecule has 0 saturated heterocycles. The quantitative estimate of drug-likeness (QED) is 0.469. The summed E-state index contributed by atoms with van der Waals surface area (Å²) in [6.45, 7) is 1.80. The van der Waals surface area contributed by atoms with Crippen molar-refractivity contribution >= 4 is 23.7 Å². The largest absolute Gasteiger partial charge is 0.478 e. The van der Waals surface area contributed by atoms with Crippen LogP contribution >= 0.6 is 0 Å². The van der Waals surface area contributed by atoms with E-state index in [-0.39, 0.29) is 30.2 Å². The van der Waals surface area contributed by atoms with Gasteiger partial charge < -0.3 is 20.5 Å². The summed E-state index contributed by atoms with van der Waals surface area (Å²) in [5.41, 5.74) is 4.04. The number of halogens is 1. The van der Waals surface area contributed by atoms with Crippen molar-refractivity contribution in [2.24, 2.45) is 0 Å². The van der Waals surface area contributed by atoms with Gasteiger partial charge >= 0.3 is 12.1 Å². The van der Waals surface area contributed by atoms with Crippen molar-refractivity contribution in [3.8, 4) is 11.1 Å². The van der Waals surface area contributed by atoms with E-state index in [1.54, 1.807) is 6.92 Å². The predicted octanol–water partition coefficient (Wildman–Crippen LogP) is 4.78. The molecule has 1 atom stereocenters. The number of fused-ring (bicyclic) bond motifs is 3. The maximum atomic E-state index is 13.7. The van der Waals surface area contributed by atoms with Crippen LogP contribution in [0.25, 0.3) is 11.1 Å². The summed E-state index contributed by atoms with van der Waals surface area (Å²) < 4.78 is 19.2. The first-order chi connectivity index (χ1) is 16.4. The minimum atomic E-state index is -1.32. The first-order valence-electron chi connectivity index (χ1n) is 10.8.